The van der Waals surface area contributed by atoms with Gasteiger partial charge in [-0.1, -0.05) is 6.42 Å². The number of carbonyl (C=O) groups excluding carboxylic acids is 1. The van der Waals surface area contributed by atoms with Crippen molar-refractivity contribution >= 4 is 27.4 Å². The number of nitrogens with one attached hydrogen (secondary N) is 1. The number of hydrogen-bond donors (Lipinski definition) is 1. The van der Waals surface area contributed by atoms with Gasteiger partial charge in [0.2, 0.25) is 5.09 Å². The minimum atomic E-state index is -3.70. The van der Waals surface area contributed by atoms with Crippen LogP contribution in [-0.2, 0) is 10.0 Å². The Bertz CT molecular complexity index is 898. The van der Waals surface area contributed by atoms with Crippen molar-refractivity contribution in [2.75, 3.05) is 36.4 Å². The van der Waals surface area contributed by atoms with Crippen molar-refractivity contribution in [1.29, 1.82) is 0 Å². The summed E-state index contributed by atoms with van der Waals surface area (Å²) in [5.41, 5.74) is 0.512. The summed E-state index contributed by atoms with van der Waals surface area (Å²) in [5.74, 6) is 0.261. The van der Waals surface area contributed by atoms with Crippen LogP contribution in [0.4, 0.5) is 11.5 Å². The van der Waals surface area contributed by atoms with E-state index >= 15 is 0 Å². The highest BCUT2D eigenvalue weighted by atomic mass is 32.2. The summed E-state index contributed by atoms with van der Waals surface area (Å²) < 4.78 is 32.0. The van der Waals surface area contributed by atoms with E-state index in [0.29, 0.717) is 18.8 Å². The van der Waals surface area contributed by atoms with Gasteiger partial charge < -0.3 is 14.6 Å². The molecular formula is C19H26N4O4S. The van der Waals surface area contributed by atoms with E-state index in [9.17, 15) is 13.2 Å². The number of anilines is 2. The van der Waals surface area contributed by atoms with Crippen molar-refractivity contribution in [2.45, 2.75) is 38.2 Å². The summed E-state index contributed by atoms with van der Waals surface area (Å²) >= 11 is 0. The van der Waals surface area contributed by atoms with E-state index in [0.717, 1.165) is 38.2 Å². The van der Waals surface area contributed by atoms with Crippen LogP contribution in [0, 0.1) is 0 Å². The number of carbonyl (C=O) groups is 1. The van der Waals surface area contributed by atoms with Gasteiger partial charge in [0, 0.05) is 26.2 Å². The molecule has 28 heavy (non-hydrogen) atoms. The summed E-state index contributed by atoms with van der Waals surface area (Å²) in [4.78, 5) is 18.9. The Morgan fingerprint density at radius 2 is 1.86 bits per heavy atom. The van der Waals surface area contributed by atoms with Gasteiger partial charge in [0.1, 0.15) is 5.82 Å². The molecule has 9 heteroatoms. The summed E-state index contributed by atoms with van der Waals surface area (Å²) in [6, 6.07) is 6.30. The molecule has 0 bridgehead atoms. The summed E-state index contributed by atoms with van der Waals surface area (Å²) in [6.07, 6.45) is 4.27. The summed E-state index contributed by atoms with van der Waals surface area (Å²) in [5, 5.41) is 2.48. The fourth-order valence-electron chi connectivity index (χ4n) is 3.20. The fraction of sp³-hybridized carbons (Fsp3) is 0.474. The SMILES string of the molecule is CCN(CC)c1ccc(NC(=O)c2ccc(S(=O)(=O)N3CCCCC3)o2)cn1. The fourth-order valence-corrected chi connectivity index (χ4v) is 4.63. The average Bonchev–Trinajstić information content (AvgIpc) is 3.22. The Morgan fingerprint density at radius 3 is 2.46 bits per heavy atom. The molecule has 1 N–H and O–H groups in total. The average molecular weight is 407 g/mol. The molecule has 1 saturated heterocycles. The van der Waals surface area contributed by atoms with Crippen LogP contribution >= 0.6 is 0 Å². The Hall–Kier alpha value is -2.39. The van der Waals surface area contributed by atoms with Crippen molar-refractivity contribution in [3.05, 3.63) is 36.2 Å². The molecule has 0 unspecified atom stereocenters. The minimum Gasteiger partial charge on any atom is -0.438 e. The van der Waals surface area contributed by atoms with Gasteiger partial charge in [-0.15, -0.1) is 0 Å². The monoisotopic (exact) mass is 406 g/mol. The summed E-state index contributed by atoms with van der Waals surface area (Å²) in [7, 11) is -3.70. The van der Waals surface area contributed by atoms with E-state index in [4.69, 9.17) is 4.42 Å². The van der Waals surface area contributed by atoms with Crippen molar-refractivity contribution < 1.29 is 17.6 Å². The molecule has 0 aromatic carbocycles. The number of aromatic nitrogens is 1. The van der Waals surface area contributed by atoms with Gasteiger partial charge in [-0.2, -0.15) is 4.31 Å². The van der Waals surface area contributed by atoms with Crippen LogP contribution in [0.2, 0.25) is 0 Å². The van der Waals surface area contributed by atoms with Crippen LogP contribution in [0.25, 0.3) is 0 Å². The molecular weight excluding hydrogens is 380 g/mol. The van der Waals surface area contributed by atoms with Gasteiger partial charge in [0.15, 0.2) is 5.76 Å². The number of nitrogens with zero attached hydrogens (tertiary/aromatic N) is 3. The Balaban J connectivity index is 1.69. The number of pyridine rings is 1. The van der Waals surface area contributed by atoms with E-state index < -0.39 is 15.9 Å². The highest BCUT2D eigenvalue weighted by Crippen LogP contribution is 2.23. The smallest absolute Gasteiger partial charge is 0.291 e. The molecule has 1 fully saturated rings. The molecule has 2 aromatic rings. The van der Waals surface area contributed by atoms with Crippen molar-refractivity contribution in [3.8, 4) is 0 Å². The van der Waals surface area contributed by atoms with Crippen LogP contribution in [-0.4, -0.2) is 49.8 Å². The first-order valence-electron chi connectivity index (χ1n) is 9.58. The highest BCUT2D eigenvalue weighted by molar-refractivity contribution is 7.89. The predicted octanol–water partition coefficient (Wildman–Crippen LogP) is 2.95. The van der Waals surface area contributed by atoms with E-state index in [1.165, 1.54) is 16.4 Å². The third kappa shape index (κ3) is 4.36. The van der Waals surface area contributed by atoms with Gasteiger partial charge in [0.05, 0.1) is 11.9 Å². The molecule has 8 nitrogen and oxygen atoms in total. The Labute approximate surface area is 165 Å². The Kier molecular flexibility index (Phi) is 6.35. The quantitative estimate of drug-likeness (QED) is 0.759. The van der Waals surface area contributed by atoms with Crippen LogP contribution < -0.4 is 10.2 Å². The van der Waals surface area contributed by atoms with Gasteiger partial charge in [0.25, 0.3) is 15.9 Å². The van der Waals surface area contributed by atoms with Gasteiger partial charge in [-0.25, -0.2) is 13.4 Å². The molecule has 1 aliphatic heterocycles. The third-order valence-electron chi connectivity index (χ3n) is 4.81. The zero-order valence-corrected chi connectivity index (χ0v) is 17.0. The zero-order valence-electron chi connectivity index (χ0n) is 16.2. The van der Waals surface area contributed by atoms with Crippen LogP contribution in [0.5, 0.6) is 0 Å². The molecule has 3 heterocycles. The molecule has 0 atom stereocenters. The lowest BCUT2D eigenvalue weighted by Gasteiger charge is -2.24. The first kappa shape index (κ1) is 20.3. The largest absolute Gasteiger partial charge is 0.438 e. The molecule has 2 aromatic heterocycles. The standard InChI is InChI=1S/C19H26N4O4S/c1-3-22(4-2)17-10-8-15(14-20-17)21-19(24)16-9-11-18(27-16)28(25,26)23-12-6-5-7-13-23/h8-11,14H,3-7,12-13H2,1-2H3,(H,21,24). The minimum absolute atomic E-state index is 0.0524. The molecule has 3 rings (SSSR count). The molecule has 0 radical (unpaired) electrons. The van der Waals surface area contributed by atoms with E-state index in [1.807, 2.05) is 19.9 Å². The topological polar surface area (TPSA) is 95.8 Å². The first-order valence-corrected chi connectivity index (χ1v) is 11.0. The van der Waals surface area contributed by atoms with E-state index in [2.05, 4.69) is 15.2 Å². The van der Waals surface area contributed by atoms with Gasteiger partial charge >= 0.3 is 0 Å². The third-order valence-corrected chi connectivity index (χ3v) is 6.58. The number of sulfonamides is 1. The number of rotatable bonds is 7. The maximum Gasteiger partial charge on any atom is 0.291 e. The molecule has 0 saturated carbocycles. The molecule has 0 spiro atoms. The maximum absolute atomic E-state index is 12.6. The number of piperidine rings is 1. The molecule has 152 valence electrons. The second-order valence-corrected chi connectivity index (χ2v) is 8.48. The Morgan fingerprint density at radius 1 is 1.14 bits per heavy atom. The zero-order chi connectivity index (χ0) is 20.1. The molecule has 1 amide bonds. The van der Waals surface area contributed by atoms with Crippen molar-refractivity contribution in [2.24, 2.45) is 0 Å². The van der Waals surface area contributed by atoms with Gasteiger partial charge in [-0.3, -0.25) is 4.79 Å². The second-order valence-electron chi connectivity index (χ2n) is 6.61. The van der Waals surface area contributed by atoms with Gasteiger partial charge in [-0.05, 0) is 51.0 Å². The normalized spacial score (nSPS) is 15.4. The lowest BCUT2D eigenvalue weighted by molar-refractivity contribution is 0.0991. The van der Waals surface area contributed by atoms with E-state index in [1.54, 1.807) is 12.3 Å². The molecule has 1 aliphatic rings. The van der Waals surface area contributed by atoms with Crippen LogP contribution in [0.3, 0.4) is 0 Å². The lowest BCUT2D eigenvalue weighted by atomic mass is 10.2. The van der Waals surface area contributed by atoms with Crippen molar-refractivity contribution in [3.63, 3.8) is 0 Å². The van der Waals surface area contributed by atoms with Crippen molar-refractivity contribution in [1.82, 2.24) is 9.29 Å². The first-order chi connectivity index (χ1) is 13.5. The van der Waals surface area contributed by atoms with Crippen LogP contribution in [0.1, 0.15) is 43.7 Å². The lowest BCUT2D eigenvalue weighted by Crippen LogP contribution is -2.35. The highest BCUT2D eigenvalue weighted by Gasteiger charge is 2.29. The molecule has 0 aliphatic carbocycles. The maximum atomic E-state index is 12.6. The second kappa shape index (κ2) is 8.74. The predicted molar refractivity (Wildman–Crippen MR) is 107 cm³/mol. The summed E-state index contributed by atoms with van der Waals surface area (Å²) in [6.45, 7) is 6.75. The number of furan rings is 1. The number of amides is 1. The number of hydrogen-bond acceptors (Lipinski definition) is 6. The van der Waals surface area contributed by atoms with E-state index in [-0.39, 0.29) is 10.9 Å². The van der Waals surface area contributed by atoms with Crippen LogP contribution in [0.15, 0.2) is 40.0 Å².